The molecule has 0 N–H and O–H groups in total. The summed E-state index contributed by atoms with van der Waals surface area (Å²) in [6.07, 6.45) is 0. The van der Waals surface area contributed by atoms with Gasteiger partial charge in [-0.3, -0.25) is 0 Å². The first-order chi connectivity index (χ1) is 2.79. The van der Waals surface area contributed by atoms with Crippen LogP contribution in [0, 0.1) is 0 Å². The first-order valence-corrected chi connectivity index (χ1v) is 4.62. The van der Waals surface area contributed by atoms with Crippen molar-refractivity contribution in [2.45, 2.75) is 24.2 Å². The van der Waals surface area contributed by atoms with Crippen molar-refractivity contribution < 1.29 is 0 Å². The summed E-state index contributed by atoms with van der Waals surface area (Å²) in [5.74, 6) is 0. The first-order valence-electron chi connectivity index (χ1n) is 2.31. The minimum Gasteiger partial charge on any atom is -0.0681 e. The van der Waals surface area contributed by atoms with Crippen LogP contribution in [0.1, 0.15) is 13.8 Å². The molecule has 6 heavy (non-hydrogen) atoms. The third-order valence-corrected chi connectivity index (χ3v) is 5.00. The van der Waals surface area contributed by atoms with Gasteiger partial charge in [-0.25, -0.2) is 0 Å². The second-order valence-electron chi connectivity index (χ2n) is 1.78. The van der Waals surface area contributed by atoms with Crippen LogP contribution in [0.2, 0.25) is 10.3 Å². The maximum atomic E-state index is 2.34. The van der Waals surface area contributed by atoms with Gasteiger partial charge in [0.25, 0.3) is 0 Å². The van der Waals surface area contributed by atoms with E-state index in [4.69, 9.17) is 0 Å². The largest absolute Gasteiger partial charge is 0.0681 e. The highest BCUT2D eigenvalue weighted by molar-refractivity contribution is 6.79. The van der Waals surface area contributed by atoms with E-state index in [2.05, 4.69) is 13.8 Å². The summed E-state index contributed by atoms with van der Waals surface area (Å²) in [4.78, 5) is 0. The fourth-order valence-electron chi connectivity index (χ4n) is 0.750. The van der Waals surface area contributed by atoms with Gasteiger partial charge in [-0.15, -0.1) is 0 Å². The molecule has 1 aliphatic heterocycles. The summed E-state index contributed by atoms with van der Waals surface area (Å²) in [5, 5.41) is 2.19. The summed E-state index contributed by atoms with van der Waals surface area (Å²) in [7, 11) is 2.56. The summed E-state index contributed by atoms with van der Waals surface area (Å²) in [6.45, 7) is 4.69. The van der Waals surface area contributed by atoms with Crippen LogP contribution < -0.4 is 0 Å². The van der Waals surface area contributed by atoms with Crippen LogP contribution in [0.25, 0.3) is 0 Å². The fourth-order valence-corrected chi connectivity index (χ4v) is 4.75. The van der Waals surface area contributed by atoms with Crippen molar-refractivity contribution in [1.29, 1.82) is 0 Å². The average molecular weight is 112 g/mol. The van der Waals surface area contributed by atoms with E-state index in [9.17, 15) is 0 Å². The zero-order chi connectivity index (χ0) is 4.57. The molecular formula is C4H8Si2. The molecule has 0 nitrogen and oxygen atoms in total. The van der Waals surface area contributed by atoms with Gasteiger partial charge in [0, 0.05) is 19.0 Å². The predicted molar refractivity (Wildman–Crippen MR) is 30.4 cm³/mol. The molecule has 0 unspecified atom stereocenters. The Morgan fingerprint density at radius 2 is 1.33 bits per heavy atom. The third kappa shape index (κ3) is 0.735. The van der Waals surface area contributed by atoms with Gasteiger partial charge in [0.05, 0.1) is 0 Å². The molecule has 1 fully saturated rings. The van der Waals surface area contributed by atoms with Crippen LogP contribution in [0.4, 0.5) is 0 Å². The molecule has 0 saturated carbocycles. The van der Waals surface area contributed by atoms with Crippen molar-refractivity contribution >= 4 is 19.0 Å². The molecular weight excluding hydrogens is 104 g/mol. The molecule has 0 aromatic heterocycles. The van der Waals surface area contributed by atoms with Gasteiger partial charge in [0.15, 0.2) is 0 Å². The molecule has 0 aromatic rings. The van der Waals surface area contributed by atoms with Gasteiger partial charge in [-0.05, 0) is 0 Å². The zero-order valence-corrected chi connectivity index (χ0v) is 6.15. The lowest BCUT2D eigenvalue weighted by Crippen LogP contribution is -2.29. The van der Waals surface area contributed by atoms with E-state index in [1.807, 2.05) is 0 Å². The molecule has 2 heteroatoms. The highest BCUT2D eigenvalue weighted by atomic mass is 28.3. The highest BCUT2D eigenvalue weighted by Crippen LogP contribution is 2.23. The molecule has 1 aliphatic rings. The van der Waals surface area contributed by atoms with Crippen molar-refractivity contribution in [2.75, 3.05) is 0 Å². The van der Waals surface area contributed by atoms with Crippen molar-refractivity contribution in [3.05, 3.63) is 0 Å². The molecule has 0 aromatic carbocycles. The van der Waals surface area contributed by atoms with Crippen molar-refractivity contribution in [3.8, 4) is 0 Å². The van der Waals surface area contributed by atoms with Gasteiger partial charge < -0.3 is 0 Å². The Morgan fingerprint density at radius 1 is 1.00 bits per heavy atom. The lowest BCUT2D eigenvalue weighted by molar-refractivity contribution is 1.11. The topological polar surface area (TPSA) is 0 Å². The maximum absolute atomic E-state index is 2.34. The van der Waals surface area contributed by atoms with E-state index in [0.29, 0.717) is 0 Å². The molecule has 4 radical (unpaired) electrons. The molecule has 32 valence electrons. The van der Waals surface area contributed by atoms with Gasteiger partial charge in [-0.2, -0.15) is 0 Å². The zero-order valence-electron chi connectivity index (χ0n) is 4.15. The van der Waals surface area contributed by atoms with Crippen LogP contribution in [-0.2, 0) is 0 Å². The quantitative estimate of drug-likeness (QED) is 0.409. The maximum Gasteiger partial charge on any atom is 0.0372 e. The van der Waals surface area contributed by atoms with E-state index in [1.165, 1.54) is 19.0 Å². The minimum absolute atomic E-state index is 1.10. The predicted octanol–water partition coefficient (Wildman–Crippen LogP) is 0.940. The Labute approximate surface area is 44.0 Å². The molecule has 1 heterocycles. The summed E-state index contributed by atoms with van der Waals surface area (Å²) >= 11 is 0. The molecule has 1 rings (SSSR count). The van der Waals surface area contributed by atoms with E-state index in [1.54, 1.807) is 0 Å². The van der Waals surface area contributed by atoms with Gasteiger partial charge in [0.2, 0.25) is 0 Å². The smallest absolute Gasteiger partial charge is 0.0372 e. The molecule has 0 bridgehead atoms. The molecule has 1 saturated heterocycles. The standard InChI is InChI=1S/C4H8Si2/c1-3-5-4(2)6-3/h3-4H,1-2H3. The second-order valence-corrected chi connectivity index (χ2v) is 7.06. The summed E-state index contributed by atoms with van der Waals surface area (Å²) in [5.41, 5.74) is 0. The van der Waals surface area contributed by atoms with Crippen LogP contribution >= 0.6 is 0 Å². The van der Waals surface area contributed by atoms with Crippen LogP contribution in [0.15, 0.2) is 0 Å². The normalized spacial score (nSPS) is 45.0. The molecule has 0 amide bonds. The fraction of sp³-hybridized carbons (Fsp3) is 1.00. The van der Waals surface area contributed by atoms with Gasteiger partial charge in [0.1, 0.15) is 0 Å². The Hall–Kier alpha value is 0.434. The Kier molecular flexibility index (Phi) is 1.15. The lowest BCUT2D eigenvalue weighted by atomic mass is 10.9. The molecule has 0 atom stereocenters. The summed E-state index contributed by atoms with van der Waals surface area (Å²) < 4.78 is 0. The molecule has 0 aliphatic carbocycles. The highest BCUT2D eigenvalue weighted by Gasteiger charge is 2.22. The Morgan fingerprint density at radius 3 is 1.33 bits per heavy atom. The number of hydrogen-bond donors (Lipinski definition) is 0. The Balaban J connectivity index is 2.11. The monoisotopic (exact) mass is 112 g/mol. The third-order valence-electron chi connectivity index (χ3n) is 1.00. The van der Waals surface area contributed by atoms with Crippen molar-refractivity contribution in [2.24, 2.45) is 0 Å². The average Bonchev–Trinajstić information content (AvgIpc) is 1.33. The van der Waals surface area contributed by atoms with E-state index in [-0.39, 0.29) is 0 Å². The lowest BCUT2D eigenvalue weighted by Gasteiger charge is -2.26. The van der Waals surface area contributed by atoms with E-state index in [0.717, 1.165) is 10.3 Å². The number of hydrogen-bond acceptors (Lipinski definition) is 0. The molecule has 0 spiro atoms. The van der Waals surface area contributed by atoms with E-state index < -0.39 is 0 Å². The van der Waals surface area contributed by atoms with Crippen LogP contribution in [0.3, 0.4) is 0 Å². The second kappa shape index (κ2) is 1.50. The van der Waals surface area contributed by atoms with Crippen molar-refractivity contribution in [3.63, 3.8) is 0 Å². The van der Waals surface area contributed by atoms with E-state index >= 15 is 0 Å². The van der Waals surface area contributed by atoms with Gasteiger partial charge in [-0.1, -0.05) is 24.2 Å². The number of rotatable bonds is 0. The van der Waals surface area contributed by atoms with Gasteiger partial charge >= 0.3 is 0 Å². The van der Waals surface area contributed by atoms with Crippen LogP contribution in [-0.4, -0.2) is 19.0 Å². The van der Waals surface area contributed by atoms with Crippen LogP contribution in [0.5, 0.6) is 0 Å². The Bertz CT molecular complexity index is 41.5. The summed E-state index contributed by atoms with van der Waals surface area (Å²) in [6, 6.07) is 0. The SMILES string of the molecule is CC1[Si]C(C)[Si]1. The van der Waals surface area contributed by atoms with Crippen molar-refractivity contribution in [1.82, 2.24) is 0 Å². The first kappa shape index (κ1) is 4.59. The minimum atomic E-state index is 1.10.